The second kappa shape index (κ2) is 14.2. The average Bonchev–Trinajstić information content (AvgIpc) is 2.93. The highest BCUT2D eigenvalue weighted by atomic mass is 16.6. The first kappa shape index (κ1) is 28.0. The van der Waals surface area contributed by atoms with Gasteiger partial charge in [0.1, 0.15) is 17.4 Å². The lowest BCUT2D eigenvalue weighted by molar-refractivity contribution is -0.0724. The maximum absolute atomic E-state index is 12.7. The summed E-state index contributed by atoms with van der Waals surface area (Å²) in [6, 6.07) is -0.432. The molecule has 0 spiro atoms. The van der Waals surface area contributed by atoms with Crippen LogP contribution in [0.4, 0.5) is 4.79 Å². The molecular formula is C26H49NO4. The fourth-order valence-electron chi connectivity index (χ4n) is 4.19. The fraction of sp³-hybridized carbons (Fsp3) is 0.885. The molecule has 1 rings (SSSR count). The Morgan fingerprint density at radius 2 is 1.52 bits per heavy atom. The van der Waals surface area contributed by atoms with Crippen molar-refractivity contribution in [2.24, 2.45) is 0 Å². The third-order valence-electron chi connectivity index (χ3n) is 5.79. The van der Waals surface area contributed by atoms with Gasteiger partial charge in [-0.15, -0.1) is 0 Å². The number of carbonyl (C=O) groups is 1. The molecule has 1 N–H and O–H groups in total. The van der Waals surface area contributed by atoms with Crippen LogP contribution in [0.3, 0.4) is 0 Å². The number of unbranched alkanes of at least 4 members (excludes halogenated alkanes) is 11. The van der Waals surface area contributed by atoms with Crippen LogP contribution in [0.1, 0.15) is 119 Å². The van der Waals surface area contributed by atoms with Crippen LogP contribution in [-0.4, -0.2) is 46.2 Å². The van der Waals surface area contributed by atoms with E-state index in [-0.39, 0.29) is 12.7 Å². The Labute approximate surface area is 191 Å². The molecule has 5 nitrogen and oxygen atoms in total. The van der Waals surface area contributed by atoms with Crippen molar-refractivity contribution in [3.05, 3.63) is 12.2 Å². The van der Waals surface area contributed by atoms with Gasteiger partial charge in [-0.25, -0.2) is 4.79 Å². The second-order valence-corrected chi connectivity index (χ2v) is 10.4. The Hall–Kier alpha value is -1.07. The highest BCUT2D eigenvalue weighted by molar-refractivity contribution is 5.70. The van der Waals surface area contributed by atoms with E-state index in [2.05, 4.69) is 13.0 Å². The Morgan fingerprint density at radius 3 is 2.00 bits per heavy atom. The topological polar surface area (TPSA) is 59.0 Å². The predicted octanol–water partition coefficient (Wildman–Crippen LogP) is 6.98. The molecule has 1 aliphatic heterocycles. The van der Waals surface area contributed by atoms with E-state index < -0.39 is 23.5 Å². The molecule has 1 unspecified atom stereocenters. The van der Waals surface area contributed by atoms with Crippen LogP contribution < -0.4 is 0 Å². The van der Waals surface area contributed by atoms with E-state index in [0.717, 1.165) is 6.42 Å². The summed E-state index contributed by atoms with van der Waals surface area (Å²) in [6.45, 7) is 11.3. The zero-order valence-electron chi connectivity index (χ0n) is 21.1. The Kier molecular flexibility index (Phi) is 12.8. The lowest BCUT2D eigenvalue weighted by Crippen LogP contribution is -2.51. The van der Waals surface area contributed by atoms with Crippen molar-refractivity contribution in [3.63, 3.8) is 0 Å². The standard InChI is InChI=1S/C26H49NO4/c1-7-8-9-10-11-12-13-14-15-16-17-18-19-20-23-22(21-28)27(26(5,6)30-23)24(29)31-25(2,3)4/h19-20,22-23,28H,7-18,21H2,1-6H3/b20-19+/t22?,23-/m1/s1. The van der Waals surface area contributed by atoms with Crippen LogP contribution in [0.5, 0.6) is 0 Å². The van der Waals surface area contributed by atoms with Gasteiger partial charge in [-0.2, -0.15) is 0 Å². The number of hydrogen-bond acceptors (Lipinski definition) is 4. The van der Waals surface area contributed by atoms with Crippen molar-refractivity contribution in [2.75, 3.05) is 6.61 Å². The molecule has 1 amide bonds. The third-order valence-corrected chi connectivity index (χ3v) is 5.79. The predicted molar refractivity (Wildman–Crippen MR) is 128 cm³/mol. The summed E-state index contributed by atoms with van der Waals surface area (Å²) in [5.74, 6) is 0. The summed E-state index contributed by atoms with van der Waals surface area (Å²) in [5.41, 5.74) is -1.41. The van der Waals surface area contributed by atoms with Gasteiger partial charge in [0.05, 0.1) is 12.6 Å². The van der Waals surface area contributed by atoms with Gasteiger partial charge in [0.2, 0.25) is 0 Å². The van der Waals surface area contributed by atoms with Crippen LogP contribution in [0.25, 0.3) is 0 Å². The average molecular weight is 440 g/mol. The number of aliphatic hydroxyl groups is 1. The summed E-state index contributed by atoms with van der Waals surface area (Å²) in [4.78, 5) is 14.2. The van der Waals surface area contributed by atoms with Crippen LogP contribution >= 0.6 is 0 Å². The first-order chi connectivity index (χ1) is 14.6. The van der Waals surface area contributed by atoms with Crippen LogP contribution in [-0.2, 0) is 9.47 Å². The van der Waals surface area contributed by atoms with E-state index in [1.54, 1.807) is 0 Å². The van der Waals surface area contributed by atoms with E-state index in [9.17, 15) is 9.90 Å². The molecule has 0 radical (unpaired) electrons. The Bertz CT molecular complexity index is 524. The number of hydrogen-bond donors (Lipinski definition) is 1. The number of ether oxygens (including phenoxy) is 2. The van der Waals surface area contributed by atoms with Gasteiger partial charge in [-0.3, -0.25) is 4.90 Å². The number of aliphatic hydroxyl groups excluding tert-OH is 1. The molecule has 1 aliphatic rings. The number of amides is 1. The summed E-state index contributed by atoms with van der Waals surface area (Å²) in [7, 11) is 0. The number of nitrogens with zero attached hydrogens (tertiary/aromatic N) is 1. The van der Waals surface area contributed by atoms with Gasteiger partial charge in [-0.1, -0.05) is 83.3 Å². The minimum Gasteiger partial charge on any atom is -0.444 e. The fourth-order valence-corrected chi connectivity index (χ4v) is 4.19. The highest BCUT2D eigenvalue weighted by Crippen LogP contribution is 2.34. The summed E-state index contributed by atoms with van der Waals surface area (Å²) in [5, 5.41) is 9.93. The molecule has 1 fully saturated rings. The minimum absolute atomic E-state index is 0.157. The summed E-state index contributed by atoms with van der Waals surface area (Å²) < 4.78 is 11.6. The van der Waals surface area contributed by atoms with Crippen molar-refractivity contribution in [1.29, 1.82) is 0 Å². The van der Waals surface area contributed by atoms with Crippen molar-refractivity contribution < 1.29 is 19.4 Å². The molecule has 182 valence electrons. The highest BCUT2D eigenvalue weighted by Gasteiger charge is 2.50. The quantitative estimate of drug-likeness (QED) is 0.234. The molecule has 31 heavy (non-hydrogen) atoms. The first-order valence-corrected chi connectivity index (χ1v) is 12.6. The Balaban J connectivity index is 2.30. The molecule has 0 aromatic carbocycles. The first-order valence-electron chi connectivity index (χ1n) is 12.6. The van der Waals surface area contributed by atoms with Crippen molar-refractivity contribution in [3.8, 4) is 0 Å². The monoisotopic (exact) mass is 439 g/mol. The molecule has 1 saturated heterocycles. The number of carbonyl (C=O) groups excluding carboxylic acids is 1. The lowest BCUT2D eigenvalue weighted by atomic mass is 10.0. The molecule has 0 aromatic rings. The van der Waals surface area contributed by atoms with E-state index in [4.69, 9.17) is 9.47 Å². The van der Waals surface area contributed by atoms with Crippen LogP contribution in [0, 0.1) is 0 Å². The largest absolute Gasteiger partial charge is 0.444 e. The molecule has 0 aliphatic carbocycles. The lowest BCUT2D eigenvalue weighted by Gasteiger charge is -2.34. The molecule has 0 bridgehead atoms. The molecule has 2 atom stereocenters. The van der Waals surface area contributed by atoms with Gasteiger partial charge < -0.3 is 14.6 Å². The van der Waals surface area contributed by atoms with Crippen LogP contribution in [0.2, 0.25) is 0 Å². The van der Waals surface area contributed by atoms with Gasteiger partial charge in [0.25, 0.3) is 0 Å². The van der Waals surface area contributed by atoms with E-state index in [0.29, 0.717) is 0 Å². The second-order valence-electron chi connectivity index (χ2n) is 10.4. The van der Waals surface area contributed by atoms with Crippen molar-refractivity contribution in [2.45, 2.75) is 142 Å². The molecule has 5 heteroatoms. The minimum atomic E-state index is -0.818. The summed E-state index contributed by atoms with van der Waals surface area (Å²) in [6.07, 6.45) is 19.1. The maximum atomic E-state index is 12.7. The normalized spacial score (nSPS) is 21.2. The zero-order valence-corrected chi connectivity index (χ0v) is 21.1. The number of allylic oxidation sites excluding steroid dienone is 1. The van der Waals surface area contributed by atoms with Crippen molar-refractivity contribution >= 4 is 6.09 Å². The Morgan fingerprint density at radius 1 is 1.00 bits per heavy atom. The number of rotatable bonds is 14. The van der Waals surface area contributed by atoms with E-state index in [1.807, 2.05) is 40.7 Å². The van der Waals surface area contributed by atoms with E-state index >= 15 is 0 Å². The molecule has 0 saturated carbocycles. The molecular weight excluding hydrogens is 390 g/mol. The third kappa shape index (κ3) is 10.9. The van der Waals surface area contributed by atoms with Gasteiger partial charge in [0, 0.05) is 0 Å². The maximum Gasteiger partial charge on any atom is 0.413 e. The molecule has 0 aromatic heterocycles. The summed E-state index contributed by atoms with van der Waals surface area (Å²) >= 11 is 0. The van der Waals surface area contributed by atoms with Crippen molar-refractivity contribution in [1.82, 2.24) is 4.90 Å². The van der Waals surface area contributed by atoms with E-state index in [1.165, 1.54) is 75.5 Å². The smallest absolute Gasteiger partial charge is 0.413 e. The zero-order chi connectivity index (χ0) is 23.3. The SMILES string of the molecule is CCCCCCCCCCCCC/C=C/[C@H]1OC(C)(C)N(C(=O)OC(C)(C)C)C1CO. The van der Waals surface area contributed by atoms with Gasteiger partial charge in [-0.05, 0) is 47.5 Å². The van der Waals surface area contributed by atoms with Gasteiger partial charge in [0.15, 0.2) is 0 Å². The van der Waals surface area contributed by atoms with Crippen LogP contribution in [0.15, 0.2) is 12.2 Å². The van der Waals surface area contributed by atoms with Gasteiger partial charge >= 0.3 is 6.09 Å². The molecule has 1 heterocycles.